The second kappa shape index (κ2) is 6.24. The van der Waals surface area contributed by atoms with Gasteiger partial charge in [0.05, 0.1) is 18.0 Å². The van der Waals surface area contributed by atoms with Gasteiger partial charge in [-0.25, -0.2) is 4.98 Å². The normalized spacial score (nSPS) is 12.3. The van der Waals surface area contributed by atoms with Gasteiger partial charge in [-0.1, -0.05) is 6.07 Å². The monoisotopic (exact) mass is 309 g/mol. The molecule has 0 aliphatic rings. The Balaban J connectivity index is 2.54. The van der Waals surface area contributed by atoms with E-state index in [0.717, 1.165) is 29.2 Å². The number of para-hydroxylation sites is 1. The van der Waals surface area contributed by atoms with Crippen molar-refractivity contribution >= 4 is 22.6 Å². The minimum Gasteiger partial charge on any atom is -0.492 e. The molecule has 1 aromatic carbocycles. The number of hydrogen-bond acceptors (Lipinski definition) is 3. The first-order valence-electron chi connectivity index (χ1n) is 7.25. The third-order valence-corrected chi connectivity index (χ3v) is 4.24. The zero-order valence-electron chi connectivity index (χ0n) is 13.5. The lowest BCUT2D eigenvalue weighted by atomic mass is 10.0. The number of nitrogens with zero attached hydrogens (tertiary/aromatic N) is 3. The van der Waals surface area contributed by atoms with E-state index >= 15 is 0 Å². The number of aromatic nitrogens is 2. The predicted molar refractivity (Wildman–Crippen MR) is 88.2 cm³/mol. The van der Waals surface area contributed by atoms with Crippen molar-refractivity contribution in [3.63, 3.8) is 0 Å². The molecule has 0 N–H and O–H groups in total. The molecule has 0 saturated heterocycles. The van der Waals surface area contributed by atoms with Crippen LogP contribution in [0, 0.1) is 0 Å². The van der Waals surface area contributed by atoms with Crippen LogP contribution in [0.25, 0.3) is 11.0 Å². The smallest absolute Gasteiger partial charge is 0.147 e. The maximum atomic E-state index is 6.10. The number of hydrogen-bond donors (Lipinski definition) is 0. The van der Waals surface area contributed by atoms with E-state index in [1.54, 1.807) is 0 Å². The molecule has 0 fully saturated rings. The van der Waals surface area contributed by atoms with Crippen LogP contribution < -0.4 is 4.74 Å². The molecule has 2 aromatic rings. The third kappa shape index (κ3) is 3.16. The Bertz CT molecular complexity index is 619. The zero-order valence-corrected chi connectivity index (χ0v) is 14.2. The van der Waals surface area contributed by atoms with Crippen LogP contribution >= 0.6 is 11.6 Å². The van der Waals surface area contributed by atoms with Crippen LogP contribution in [0.5, 0.6) is 5.75 Å². The van der Waals surface area contributed by atoms with Crippen LogP contribution in [0.1, 0.15) is 26.6 Å². The highest BCUT2D eigenvalue weighted by atomic mass is 35.5. The largest absolute Gasteiger partial charge is 0.492 e. The lowest BCUT2D eigenvalue weighted by Crippen LogP contribution is -2.42. The highest BCUT2D eigenvalue weighted by molar-refractivity contribution is 6.16. The first-order chi connectivity index (χ1) is 9.90. The van der Waals surface area contributed by atoms with Gasteiger partial charge in [-0.3, -0.25) is 0 Å². The van der Waals surface area contributed by atoms with Crippen molar-refractivity contribution in [2.45, 2.75) is 38.7 Å². The number of likely N-dealkylation sites (N-methyl/N-ethyl adjacent to an activating group) is 1. The van der Waals surface area contributed by atoms with Crippen LogP contribution in [0.15, 0.2) is 18.2 Å². The summed E-state index contributed by atoms with van der Waals surface area (Å²) < 4.78 is 7.88. The summed E-state index contributed by atoms with van der Waals surface area (Å²) in [4.78, 5) is 6.89. The van der Waals surface area contributed by atoms with Crippen molar-refractivity contribution in [2.24, 2.45) is 0 Å². The van der Waals surface area contributed by atoms with E-state index < -0.39 is 0 Å². The summed E-state index contributed by atoms with van der Waals surface area (Å²) in [7, 11) is 4.18. The summed E-state index contributed by atoms with van der Waals surface area (Å²) in [6.07, 6.45) is 0. The Labute approximate surface area is 131 Å². The standard InChI is InChI=1S/C16H24ClN3O/c1-6-21-13-9-7-8-12-15(13)18-14(10-17)20(12)11-16(2,3)19(4)5/h7-9H,6,10-11H2,1-5H3. The number of rotatable bonds is 6. The molecule has 5 heteroatoms. The molecule has 0 amide bonds. The highest BCUT2D eigenvalue weighted by Crippen LogP contribution is 2.28. The molecule has 0 bridgehead atoms. The molecule has 0 aliphatic heterocycles. The number of alkyl halides is 1. The fourth-order valence-corrected chi connectivity index (χ4v) is 2.45. The molecular weight excluding hydrogens is 286 g/mol. The summed E-state index contributed by atoms with van der Waals surface area (Å²) in [5, 5.41) is 0. The first-order valence-corrected chi connectivity index (χ1v) is 7.78. The molecule has 4 nitrogen and oxygen atoms in total. The quantitative estimate of drug-likeness (QED) is 0.765. The van der Waals surface area contributed by atoms with E-state index in [1.807, 2.05) is 19.1 Å². The first kappa shape index (κ1) is 16.1. The molecular formula is C16H24ClN3O. The molecule has 21 heavy (non-hydrogen) atoms. The van der Waals surface area contributed by atoms with Gasteiger partial charge in [-0.15, -0.1) is 11.6 Å². The summed E-state index contributed by atoms with van der Waals surface area (Å²) in [5.41, 5.74) is 1.98. The van der Waals surface area contributed by atoms with Crippen molar-refractivity contribution in [3.05, 3.63) is 24.0 Å². The Morgan fingerprint density at radius 2 is 2.05 bits per heavy atom. The van der Waals surface area contributed by atoms with Crippen LogP contribution in [0.3, 0.4) is 0 Å². The molecule has 0 saturated carbocycles. The molecule has 2 rings (SSSR count). The minimum atomic E-state index is 0.00998. The average molecular weight is 310 g/mol. The summed E-state index contributed by atoms with van der Waals surface area (Å²) in [6, 6.07) is 6.04. The number of ether oxygens (including phenoxy) is 1. The predicted octanol–water partition coefficient (Wildman–Crippen LogP) is 3.51. The Morgan fingerprint density at radius 1 is 1.33 bits per heavy atom. The zero-order chi connectivity index (χ0) is 15.6. The van der Waals surface area contributed by atoms with Gasteiger partial charge in [0.25, 0.3) is 0 Å². The minimum absolute atomic E-state index is 0.00998. The molecule has 0 unspecified atom stereocenters. The molecule has 0 radical (unpaired) electrons. The van der Waals surface area contributed by atoms with Crippen molar-refractivity contribution in [3.8, 4) is 5.75 Å². The molecule has 1 heterocycles. The van der Waals surface area contributed by atoms with Gasteiger partial charge in [0.1, 0.15) is 17.1 Å². The van der Waals surface area contributed by atoms with E-state index in [2.05, 4.69) is 48.5 Å². The van der Waals surface area contributed by atoms with Crippen LogP contribution in [0.4, 0.5) is 0 Å². The second-order valence-electron chi connectivity index (χ2n) is 6.01. The van der Waals surface area contributed by atoms with Crippen LogP contribution in [-0.2, 0) is 12.4 Å². The fraction of sp³-hybridized carbons (Fsp3) is 0.562. The lowest BCUT2D eigenvalue weighted by molar-refractivity contribution is 0.170. The van der Waals surface area contributed by atoms with Crippen molar-refractivity contribution in [2.75, 3.05) is 20.7 Å². The SMILES string of the molecule is CCOc1cccc2c1nc(CCl)n2CC(C)(C)N(C)C. The van der Waals surface area contributed by atoms with Gasteiger partial charge in [0, 0.05) is 12.1 Å². The number of fused-ring (bicyclic) bond motifs is 1. The van der Waals surface area contributed by atoms with E-state index in [4.69, 9.17) is 16.3 Å². The van der Waals surface area contributed by atoms with Gasteiger partial charge >= 0.3 is 0 Å². The van der Waals surface area contributed by atoms with Gasteiger partial charge in [0.2, 0.25) is 0 Å². The number of benzene rings is 1. The van der Waals surface area contributed by atoms with Crippen molar-refractivity contribution < 1.29 is 4.74 Å². The van der Waals surface area contributed by atoms with E-state index in [-0.39, 0.29) is 5.54 Å². The maximum Gasteiger partial charge on any atom is 0.147 e. The Morgan fingerprint density at radius 3 is 2.62 bits per heavy atom. The second-order valence-corrected chi connectivity index (χ2v) is 6.28. The molecule has 0 aliphatic carbocycles. The summed E-state index contributed by atoms with van der Waals surface area (Å²) in [5.74, 6) is 2.10. The Kier molecular flexibility index (Phi) is 4.79. The topological polar surface area (TPSA) is 30.3 Å². The highest BCUT2D eigenvalue weighted by Gasteiger charge is 2.24. The Hall–Kier alpha value is -1.26. The summed E-state index contributed by atoms with van der Waals surface area (Å²) in [6.45, 7) is 7.86. The van der Waals surface area contributed by atoms with Crippen LogP contribution in [0.2, 0.25) is 0 Å². The fourth-order valence-electron chi connectivity index (χ4n) is 2.25. The molecule has 116 valence electrons. The average Bonchev–Trinajstić information content (AvgIpc) is 2.78. The summed E-state index contributed by atoms with van der Waals surface area (Å²) >= 11 is 6.10. The lowest BCUT2D eigenvalue weighted by Gasteiger charge is -2.33. The molecule has 0 spiro atoms. The number of halogens is 1. The van der Waals surface area contributed by atoms with E-state index in [0.29, 0.717) is 12.5 Å². The number of imidazole rings is 1. The van der Waals surface area contributed by atoms with Gasteiger partial charge < -0.3 is 14.2 Å². The van der Waals surface area contributed by atoms with Gasteiger partial charge in [-0.05, 0) is 47.0 Å². The third-order valence-electron chi connectivity index (χ3n) is 4.00. The van der Waals surface area contributed by atoms with Crippen molar-refractivity contribution in [1.82, 2.24) is 14.5 Å². The van der Waals surface area contributed by atoms with Gasteiger partial charge in [0.15, 0.2) is 0 Å². The van der Waals surface area contributed by atoms with E-state index in [9.17, 15) is 0 Å². The van der Waals surface area contributed by atoms with Crippen molar-refractivity contribution in [1.29, 1.82) is 0 Å². The molecule has 1 aromatic heterocycles. The van der Waals surface area contributed by atoms with Gasteiger partial charge in [-0.2, -0.15) is 0 Å². The maximum absolute atomic E-state index is 6.10. The van der Waals surface area contributed by atoms with Crippen LogP contribution in [-0.4, -0.2) is 40.7 Å². The molecule has 0 atom stereocenters. The van der Waals surface area contributed by atoms with E-state index in [1.165, 1.54) is 0 Å².